The fourth-order valence-corrected chi connectivity index (χ4v) is 4.98. The molecule has 6 nitrogen and oxygen atoms in total. The molecule has 0 saturated carbocycles. The van der Waals surface area contributed by atoms with Gasteiger partial charge in [0.2, 0.25) is 10.0 Å². The molecule has 0 aliphatic carbocycles. The smallest absolute Gasteiger partial charge is 0.275 e. The number of hydrogen-bond acceptors (Lipinski definition) is 3. The van der Waals surface area contributed by atoms with Gasteiger partial charge in [-0.3, -0.25) is 4.79 Å². The van der Waals surface area contributed by atoms with E-state index >= 15 is 0 Å². The maximum atomic E-state index is 12.9. The fourth-order valence-electron chi connectivity index (χ4n) is 3.45. The van der Waals surface area contributed by atoms with Crippen molar-refractivity contribution in [2.45, 2.75) is 58.4 Å². The number of rotatable bonds is 8. The van der Waals surface area contributed by atoms with Crippen LogP contribution in [0.4, 0.5) is 0 Å². The predicted molar refractivity (Wildman–Crippen MR) is 112 cm³/mol. The fraction of sp³-hybridized carbons (Fsp3) is 0.667. The Bertz CT molecular complexity index is 769. The van der Waals surface area contributed by atoms with E-state index in [1.54, 1.807) is 16.4 Å². The monoisotopic (exact) mass is 410 g/mol. The number of piperazine rings is 1. The number of quaternary nitrogens is 1. The molecule has 2 N–H and O–H groups in total. The van der Waals surface area contributed by atoms with E-state index in [0.29, 0.717) is 43.5 Å². The molecule has 1 aliphatic rings. The molecule has 1 heterocycles. The molecule has 28 heavy (non-hydrogen) atoms. The number of hydrogen-bond donors (Lipinski definition) is 2. The molecule has 0 aromatic heterocycles. The van der Waals surface area contributed by atoms with Crippen LogP contribution >= 0.6 is 0 Å². The molecule has 1 aromatic rings. The van der Waals surface area contributed by atoms with Crippen molar-refractivity contribution >= 4 is 15.9 Å². The van der Waals surface area contributed by atoms with Gasteiger partial charge in [-0.2, -0.15) is 4.31 Å². The van der Waals surface area contributed by atoms with Crippen LogP contribution in [0.5, 0.6) is 0 Å². The van der Waals surface area contributed by atoms with Crippen LogP contribution in [0.1, 0.15) is 44.7 Å². The van der Waals surface area contributed by atoms with Gasteiger partial charge < -0.3 is 10.2 Å². The van der Waals surface area contributed by atoms with E-state index in [0.717, 1.165) is 28.9 Å². The molecule has 158 valence electrons. The molecule has 7 heteroatoms. The molecule has 0 radical (unpaired) electrons. The summed E-state index contributed by atoms with van der Waals surface area (Å²) in [5, 5.41) is 3.07. The quantitative estimate of drug-likeness (QED) is 0.675. The zero-order valence-corrected chi connectivity index (χ0v) is 18.7. The van der Waals surface area contributed by atoms with Gasteiger partial charge in [0.05, 0.1) is 31.1 Å². The van der Waals surface area contributed by atoms with E-state index < -0.39 is 10.0 Å². The summed E-state index contributed by atoms with van der Waals surface area (Å²) in [6, 6.07) is 5.47. The third-order valence-corrected chi connectivity index (χ3v) is 7.44. The van der Waals surface area contributed by atoms with Crippen LogP contribution in [0.3, 0.4) is 0 Å². The topological polar surface area (TPSA) is 70.9 Å². The van der Waals surface area contributed by atoms with Crippen molar-refractivity contribution in [3.05, 3.63) is 29.3 Å². The lowest BCUT2D eigenvalue weighted by molar-refractivity contribution is -0.895. The molecule has 1 amide bonds. The highest BCUT2D eigenvalue weighted by molar-refractivity contribution is 7.89. The van der Waals surface area contributed by atoms with Gasteiger partial charge in [0.15, 0.2) is 6.54 Å². The second kappa shape index (κ2) is 9.85. The Labute approximate surface area is 170 Å². The average molecular weight is 411 g/mol. The number of sulfonamides is 1. The number of benzene rings is 1. The molecule has 0 bridgehead atoms. The van der Waals surface area contributed by atoms with Crippen molar-refractivity contribution in [2.24, 2.45) is 5.92 Å². The normalized spacial score (nSPS) is 17.6. The molecule has 1 aromatic carbocycles. The summed E-state index contributed by atoms with van der Waals surface area (Å²) in [5.41, 5.74) is 2.07. The summed E-state index contributed by atoms with van der Waals surface area (Å²) >= 11 is 0. The van der Waals surface area contributed by atoms with Crippen molar-refractivity contribution in [2.75, 3.05) is 32.7 Å². The molecule has 2 rings (SSSR count). The van der Waals surface area contributed by atoms with E-state index in [9.17, 15) is 13.2 Å². The molecule has 0 unspecified atom stereocenters. The van der Waals surface area contributed by atoms with E-state index in [1.807, 2.05) is 26.8 Å². The number of nitrogens with one attached hydrogen (secondary N) is 2. The lowest BCUT2D eigenvalue weighted by atomic mass is 10.0. The minimum Gasteiger partial charge on any atom is -0.349 e. The first-order valence-electron chi connectivity index (χ1n) is 10.3. The van der Waals surface area contributed by atoms with E-state index in [-0.39, 0.29) is 11.9 Å². The molecule has 1 aliphatic heterocycles. The van der Waals surface area contributed by atoms with Crippen molar-refractivity contribution in [1.82, 2.24) is 9.62 Å². The lowest BCUT2D eigenvalue weighted by Crippen LogP contribution is -3.15. The van der Waals surface area contributed by atoms with Crippen LogP contribution in [-0.4, -0.2) is 57.4 Å². The van der Waals surface area contributed by atoms with E-state index in [2.05, 4.69) is 19.2 Å². The van der Waals surface area contributed by atoms with Crippen molar-refractivity contribution in [1.29, 1.82) is 0 Å². The second-order valence-electron chi connectivity index (χ2n) is 8.52. The highest BCUT2D eigenvalue weighted by atomic mass is 32.2. The van der Waals surface area contributed by atoms with Crippen molar-refractivity contribution < 1.29 is 18.1 Å². The van der Waals surface area contributed by atoms with Gasteiger partial charge >= 0.3 is 0 Å². The molecule has 1 fully saturated rings. The minimum atomic E-state index is -3.47. The maximum Gasteiger partial charge on any atom is 0.275 e. The summed E-state index contributed by atoms with van der Waals surface area (Å²) < 4.78 is 27.3. The van der Waals surface area contributed by atoms with Crippen LogP contribution in [-0.2, 0) is 14.8 Å². The van der Waals surface area contributed by atoms with Gasteiger partial charge in [0, 0.05) is 6.04 Å². The Morgan fingerprint density at radius 3 is 2.32 bits per heavy atom. The molecule has 0 spiro atoms. The first-order valence-corrected chi connectivity index (χ1v) is 11.7. The van der Waals surface area contributed by atoms with E-state index in [4.69, 9.17) is 0 Å². The van der Waals surface area contributed by atoms with Crippen LogP contribution in [0.2, 0.25) is 0 Å². The average Bonchev–Trinajstić information content (AvgIpc) is 2.62. The molecule has 1 saturated heterocycles. The summed E-state index contributed by atoms with van der Waals surface area (Å²) in [4.78, 5) is 13.8. The van der Waals surface area contributed by atoms with Gasteiger partial charge in [-0.05, 0) is 62.8 Å². The third-order valence-electron chi connectivity index (χ3n) is 5.54. The standard InChI is InChI=1S/C21H35N3O3S/c1-16(2)6-8-19(5)22-21(25)15-23-10-12-24(13-11-23)28(26,27)20-9-7-17(3)18(4)14-20/h7,9,14,16,19H,6,8,10-13,15H2,1-5H3,(H,22,25)/p+1/t19-/m1/s1. The SMILES string of the molecule is Cc1ccc(S(=O)(=O)N2CC[NH+](CC(=O)N[C@H](C)CCC(C)C)CC2)cc1C. The molecular weight excluding hydrogens is 374 g/mol. The minimum absolute atomic E-state index is 0.0525. The third kappa shape index (κ3) is 6.29. The Morgan fingerprint density at radius 2 is 1.75 bits per heavy atom. The molecule has 1 atom stereocenters. The zero-order chi connectivity index (χ0) is 20.9. The number of carbonyl (C=O) groups excluding carboxylic acids is 1. The predicted octanol–water partition coefficient (Wildman–Crippen LogP) is 1.13. The largest absolute Gasteiger partial charge is 0.349 e. The van der Waals surface area contributed by atoms with Crippen LogP contribution < -0.4 is 10.2 Å². The van der Waals surface area contributed by atoms with Gasteiger partial charge in [-0.25, -0.2) is 8.42 Å². The summed E-state index contributed by atoms with van der Waals surface area (Å²) in [6.45, 7) is 12.9. The first-order chi connectivity index (χ1) is 13.1. The number of nitrogens with zero attached hydrogens (tertiary/aromatic N) is 1. The Hall–Kier alpha value is -1.44. The lowest BCUT2D eigenvalue weighted by Gasteiger charge is -2.31. The van der Waals surface area contributed by atoms with Crippen molar-refractivity contribution in [3.63, 3.8) is 0 Å². The van der Waals surface area contributed by atoms with Crippen LogP contribution in [0.15, 0.2) is 23.1 Å². The maximum absolute atomic E-state index is 12.9. The second-order valence-corrected chi connectivity index (χ2v) is 10.5. The Kier molecular flexibility index (Phi) is 8.04. The van der Waals surface area contributed by atoms with Gasteiger partial charge in [-0.1, -0.05) is 19.9 Å². The van der Waals surface area contributed by atoms with Crippen LogP contribution in [0, 0.1) is 19.8 Å². The number of carbonyl (C=O) groups is 1. The highest BCUT2D eigenvalue weighted by Gasteiger charge is 2.31. The van der Waals surface area contributed by atoms with Crippen molar-refractivity contribution in [3.8, 4) is 0 Å². The van der Waals surface area contributed by atoms with Gasteiger partial charge in [-0.15, -0.1) is 0 Å². The molecular formula is C21H36N3O3S+. The summed E-state index contributed by atoms with van der Waals surface area (Å²) in [6.07, 6.45) is 2.09. The number of aryl methyl sites for hydroxylation is 2. The van der Waals surface area contributed by atoms with Gasteiger partial charge in [0.25, 0.3) is 5.91 Å². The van der Waals surface area contributed by atoms with E-state index in [1.165, 1.54) is 0 Å². The highest BCUT2D eigenvalue weighted by Crippen LogP contribution is 2.19. The zero-order valence-electron chi connectivity index (χ0n) is 17.9. The Morgan fingerprint density at radius 1 is 1.11 bits per heavy atom. The van der Waals surface area contributed by atoms with Gasteiger partial charge in [0.1, 0.15) is 0 Å². The number of amides is 1. The summed E-state index contributed by atoms with van der Waals surface area (Å²) in [7, 11) is -3.47. The Balaban J connectivity index is 1.85. The van der Waals surface area contributed by atoms with Crippen LogP contribution in [0.25, 0.3) is 0 Å². The summed E-state index contributed by atoms with van der Waals surface area (Å²) in [5.74, 6) is 0.689. The first kappa shape index (κ1) is 22.8.